The predicted molar refractivity (Wildman–Crippen MR) is 88.6 cm³/mol. The quantitative estimate of drug-likeness (QED) is 0.873. The van der Waals surface area contributed by atoms with Crippen molar-refractivity contribution in [2.75, 3.05) is 33.2 Å². The number of hydrogen-bond acceptors (Lipinski definition) is 3. The average Bonchev–Trinajstić information content (AvgIpc) is 2.84. The van der Waals surface area contributed by atoms with E-state index in [0.717, 1.165) is 18.7 Å². The van der Waals surface area contributed by atoms with Gasteiger partial charge in [-0.05, 0) is 52.4 Å². The molecule has 0 aliphatic carbocycles. The fourth-order valence-corrected chi connectivity index (χ4v) is 3.56. The largest absolute Gasteiger partial charge is 0.387 e. The highest BCUT2D eigenvalue weighted by Crippen LogP contribution is 2.20. The number of aryl methyl sites for hydroxylation is 2. The topological polar surface area (TPSA) is 26.7 Å². The summed E-state index contributed by atoms with van der Waals surface area (Å²) < 4.78 is 0. The van der Waals surface area contributed by atoms with Crippen molar-refractivity contribution in [1.29, 1.82) is 0 Å². The van der Waals surface area contributed by atoms with E-state index in [2.05, 4.69) is 55.8 Å². The summed E-state index contributed by atoms with van der Waals surface area (Å²) >= 11 is 0. The predicted octanol–water partition coefficient (Wildman–Crippen LogP) is 2.75. The molecule has 0 radical (unpaired) electrons. The zero-order chi connectivity index (χ0) is 15.4. The molecular weight excluding hydrogens is 260 g/mol. The number of likely N-dealkylation sites (N-methyl/N-ethyl adjacent to an activating group) is 2. The first kappa shape index (κ1) is 16.5. The van der Waals surface area contributed by atoms with E-state index in [1.807, 2.05) is 0 Å². The van der Waals surface area contributed by atoms with Gasteiger partial charge in [0.15, 0.2) is 0 Å². The van der Waals surface area contributed by atoms with Crippen LogP contribution in [0.25, 0.3) is 0 Å². The van der Waals surface area contributed by atoms with Gasteiger partial charge in [-0.25, -0.2) is 0 Å². The Morgan fingerprint density at radius 2 is 1.95 bits per heavy atom. The van der Waals surface area contributed by atoms with Crippen LogP contribution >= 0.6 is 0 Å². The van der Waals surface area contributed by atoms with E-state index in [-0.39, 0.29) is 0 Å². The van der Waals surface area contributed by atoms with Gasteiger partial charge < -0.3 is 10.0 Å². The van der Waals surface area contributed by atoms with Gasteiger partial charge in [-0.3, -0.25) is 4.90 Å². The smallest absolute Gasteiger partial charge is 0.0917 e. The maximum atomic E-state index is 10.5. The molecule has 1 aromatic carbocycles. The van der Waals surface area contributed by atoms with Gasteiger partial charge in [-0.15, -0.1) is 0 Å². The summed E-state index contributed by atoms with van der Waals surface area (Å²) in [6.45, 7) is 10.5. The third-order valence-electron chi connectivity index (χ3n) is 4.54. The molecule has 0 aromatic heterocycles. The minimum Gasteiger partial charge on any atom is -0.387 e. The van der Waals surface area contributed by atoms with E-state index < -0.39 is 6.10 Å². The molecule has 2 rings (SSSR count). The summed E-state index contributed by atoms with van der Waals surface area (Å²) in [7, 11) is 2.12. The van der Waals surface area contributed by atoms with Crippen molar-refractivity contribution < 1.29 is 5.11 Å². The number of aliphatic hydroxyl groups is 1. The standard InChI is InChI=1S/C18H30N2O/c1-5-20-8-6-7-17(20)12-19(4)13-18(21)16-10-14(2)9-15(3)11-16/h9-11,17-18,21H,5-8,12-13H2,1-4H3. The molecule has 1 aliphatic rings. The highest BCUT2D eigenvalue weighted by molar-refractivity contribution is 5.30. The molecule has 0 saturated carbocycles. The van der Waals surface area contributed by atoms with Crippen molar-refractivity contribution in [3.05, 3.63) is 34.9 Å². The zero-order valence-corrected chi connectivity index (χ0v) is 14.0. The molecule has 1 aromatic rings. The maximum absolute atomic E-state index is 10.5. The van der Waals surface area contributed by atoms with Gasteiger partial charge in [0.2, 0.25) is 0 Å². The second kappa shape index (κ2) is 7.39. The summed E-state index contributed by atoms with van der Waals surface area (Å²) in [6, 6.07) is 7.00. The van der Waals surface area contributed by atoms with E-state index in [9.17, 15) is 5.11 Å². The summed E-state index contributed by atoms with van der Waals surface area (Å²) in [5, 5.41) is 10.5. The molecule has 1 saturated heterocycles. The van der Waals surface area contributed by atoms with Crippen LogP contribution in [-0.2, 0) is 0 Å². The molecule has 2 atom stereocenters. The van der Waals surface area contributed by atoms with Gasteiger partial charge in [-0.2, -0.15) is 0 Å². The van der Waals surface area contributed by atoms with Crippen LogP contribution in [0.3, 0.4) is 0 Å². The van der Waals surface area contributed by atoms with Gasteiger partial charge in [0, 0.05) is 19.1 Å². The van der Waals surface area contributed by atoms with Crippen LogP contribution in [-0.4, -0.2) is 54.2 Å². The lowest BCUT2D eigenvalue weighted by Gasteiger charge is -2.29. The first-order chi connectivity index (χ1) is 9.99. The summed E-state index contributed by atoms with van der Waals surface area (Å²) in [5.41, 5.74) is 3.48. The minimum atomic E-state index is -0.398. The molecule has 21 heavy (non-hydrogen) atoms. The zero-order valence-electron chi connectivity index (χ0n) is 14.0. The Kier molecular flexibility index (Phi) is 5.80. The molecule has 1 fully saturated rings. The summed E-state index contributed by atoms with van der Waals surface area (Å²) in [4.78, 5) is 4.83. The summed E-state index contributed by atoms with van der Waals surface area (Å²) in [6.07, 6.45) is 2.20. The van der Waals surface area contributed by atoms with Crippen molar-refractivity contribution in [3.8, 4) is 0 Å². The number of nitrogens with zero attached hydrogens (tertiary/aromatic N) is 2. The van der Waals surface area contributed by atoms with Gasteiger partial charge >= 0.3 is 0 Å². The Hall–Kier alpha value is -0.900. The Labute approximate surface area is 129 Å². The molecule has 0 spiro atoms. The fourth-order valence-electron chi connectivity index (χ4n) is 3.56. The molecule has 3 heteroatoms. The first-order valence-electron chi connectivity index (χ1n) is 8.18. The van der Waals surface area contributed by atoms with Crippen molar-refractivity contribution in [1.82, 2.24) is 9.80 Å². The highest BCUT2D eigenvalue weighted by Gasteiger charge is 2.24. The van der Waals surface area contributed by atoms with E-state index in [0.29, 0.717) is 12.6 Å². The third-order valence-corrected chi connectivity index (χ3v) is 4.54. The minimum absolute atomic E-state index is 0.398. The van der Waals surface area contributed by atoms with Crippen LogP contribution < -0.4 is 0 Å². The van der Waals surface area contributed by atoms with Crippen molar-refractivity contribution in [3.63, 3.8) is 0 Å². The van der Waals surface area contributed by atoms with Crippen LogP contribution in [0.5, 0.6) is 0 Å². The van der Waals surface area contributed by atoms with Crippen molar-refractivity contribution in [2.45, 2.75) is 45.8 Å². The molecule has 118 valence electrons. The van der Waals surface area contributed by atoms with Gasteiger partial charge in [0.25, 0.3) is 0 Å². The van der Waals surface area contributed by atoms with Gasteiger partial charge in [0.05, 0.1) is 6.10 Å². The highest BCUT2D eigenvalue weighted by atomic mass is 16.3. The summed E-state index contributed by atoms with van der Waals surface area (Å²) in [5.74, 6) is 0. The average molecular weight is 290 g/mol. The number of hydrogen-bond donors (Lipinski definition) is 1. The normalized spacial score (nSPS) is 21.1. The third kappa shape index (κ3) is 4.53. The fraction of sp³-hybridized carbons (Fsp3) is 0.667. The van der Waals surface area contributed by atoms with E-state index in [1.165, 1.54) is 30.5 Å². The Morgan fingerprint density at radius 1 is 1.29 bits per heavy atom. The van der Waals surface area contributed by atoms with Crippen LogP contribution in [0.1, 0.15) is 42.6 Å². The van der Waals surface area contributed by atoms with Gasteiger partial charge in [-0.1, -0.05) is 36.2 Å². The first-order valence-corrected chi connectivity index (χ1v) is 8.18. The van der Waals surface area contributed by atoms with Crippen LogP contribution in [0.2, 0.25) is 0 Å². The number of benzene rings is 1. The second-order valence-corrected chi connectivity index (χ2v) is 6.58. The molecule has 0 bridgehead atoms. The van der Waals surface area contributed by atoms with Crippen LogP contribution in [0.15, 0.2) is 18.2 Å². The Morgan fingerprint density at radius 3 is 2.57 bits per heavy atom. The number of likely N-dealkylation sites (tertiary alicyclic amines) is 1. The van der Waals surface area contributed by atoms with Gasteiger partial charge in [0.1, 0.15) is 0 Å². The monoisotopic (exact) mass is 290 g/mol. The Bertz CT molecular complexity index is 440. The lowest BCUT2D eigenvalue weighted by molar-refractivity contribution is 0.109. The van der Waals surface area contributed by atoms with E-state index >= 15 is 0 Å². The van der Waals surface area contributed by atoms with E-state index in [4.69, 9.17) is 0 Å². The number of aliphatic hydroxyl groups excluding tert-OH is 1. The Balaban J connectivity index is 1.91. The second-order valence-electron chi connectivity index (χ2n) is 6.58. The molecule has 3 nitrogen and oxygen atoms in total. The van der Waals surface area contributed by atoms with Crippen LogP contribution in [0, 0.1) is 13.8 Å². The molecule has 0 amide bonds. The molecule has 2 unspecified atom stereocenters. The lowest BCUT2D eigenvalue weighted by Crippen LogP contribution is -2.40. The molecule has 1 heterocycles. The van der Waals surface area contributed by atoms with Crippen molar-refractivity contribution >= 4 is 0 Å². The molecular formula is C18H30N2O. The molecule has 1 aliphatic heterocycles. The maximum Gasteiger partial charge on any atom is 0.0917 e. The van der Waals surface area contributed by atoms with E-state index in [1.54, 1.807) is 0 Å². The number of rotatable bonds is 6. The SMILES string of the molecule is CCN1CCCC1CN(C)CC(O)c1cc(C)cc(C)c1. The van der Waals surface area contributed by atoms with Crippen molar-refractivity contribution in [2.24, 2.45) is 0 Å². The lowest BCUT2D eigenvalue weighted by atomic mass is 10.0. The van der Waals surface area contributed by atoms with Crippen LogP contribution in [0.4, 0.5) is 0 Å². The molecule has 1 N–H and O–H groups in total.